The first-order valence-corrected chi connectivity index (χ1v) is 10.4. The lowest BCUT2D eigenvalue weighted by atomic mass is 9.75. The van der Waals surface area contributed by atoms with Crippen LogP contribution in [-0.4, -0.2) is 48.6 Å². The van der Waals surface area contributed by atoms with Crippen LogP contribution in [0.15, 0.2) is 48.5 Å². The lowest BCUT2D eigenvalue weighted by Crippen LogP contribution is -2.59. The van der Waals surface area contributed by atoms with E-state index in [0.717, 1.165) is 30.3 Å². The quantitative estimate of drug-likeness (QED) is 0.820. The predicted octanol–water partition coefficient (Wildman–Crippen LogP) is 3.63. The number of fused-ring (bicyclic) bond motifs is 2. The summed E-state index contributed by atoms with van der Waals surface area (Å²) in [5.41, 5.74) is 3.40. The summed E-state index contributed by atoms with van der Waals surface area (Å²) in [5.74, 6) is 2.26. The number of nitriles is 1. The van der Waals surface area contributed by atoms with Crippen molar-refractivity contribution < 1.29 is 4.74 Å². The van der Waals surface area contributed by atoms with E-state index in [1.165, 1.54) is 37.1 Å². The Morgan fingerprint density at radius 2 is 1.89 bits per heavy atom. The van der Waals surface area contributed by atoms with Crippen molar-refractivity contribution in [1.82, 2.24) is 9.80 Å². The fraction of sp³-hybridized carbons (Fsp3) is 0.458. The Balaban J connectivity index is 1.47. The molecule has 4 fully saturated rings. The van der Waals surface area contributed by atoms with Crippen molar-refractivity contribution in [2.45, 2.75) is 37.4 Å². The number of rotatable bonds is 4. The number of ether oxygens (including phenoxy) is 1. The minimum atomic E-state index is 0.516. The molecule has 4 aliphatic rings. The van der Waals surface area contributed by atoms with E-state index in [0.29, 0.717) is 18.0 Å². The molecule has 4 nitrogen and oxygen atoms in total. The molecular formula is C24H27N3O. The molecule has 4 heteroatoms. The van der Waals surface area contributed by atoms with Crippen molar-refractivity contribution in [1.29, 1.82) is 5.26 Å². The van der Waals surface area contributed by atoms with E-state index in [-0.39, 0.29) is 0 Å². The lowest BCUT2D eigenvalue weighted by molar-refractivity contribution is -0.00869. The fourth-order valence-electron chi connectivity index (χ4n) is 5.86. The number of piperidine rings is 3. The Labute approximate surface area is 167 Å². The Hall–Kier alpha value is -2.35. The standard InChI is InChI=1S/C24H27N3O/c1-28-21-7-3-6-20(13-21)22-16-27(15-18-5-2-4-17(12-18)14-25)23-19-8-10-26(11-9-19)24(22)23/h2-7,12-13,19,22-24H,8-11,15-16H2,1H3/t22-,23-,24-/m0/s1. The zero-order valence-electron chi connectivity index (χ0n) is 16.4. The number of hydrogen-bond donors (Lipinski definition) is 0. The topological polar surface area (TPSA) is 39.5 Å². The highest BCUT2D eigenvalue weighted by atomic mass is 16.5. The van der Waals surface area contributed by atoms with E-state index in [1.54, 1.807) is 7.11 Å². The molecule has 0 amide bonds. The maximum atomic E-state index is 9.25. The van der Waals surface area contributed by atoms with E-state index in [9.17, 15) is 5.26 Å². The monoisotopic (exact) mass is 373 g/mol. The van der Waals surface area contributed by atoms with Crippen molar-refractivity contribution in [2.24, 2.45) is 5.92 Å². The molecule has 0 aliphatic carbocycles. The van der Waals surface area contributed by atoms with E-state index < -0.39 is 0 Å². The Kier molecular flexibility index (Phi) is 4.58. The fourth-order valence-corrected chi connectivity index (χ4v) is 5.86. The molecule has 4 saturated heterocycles. The third-order valence-corrected chi connectivity index (χ3v) is 7.06. The molecule has 0 spiro atoms. The molecule has 3 atom stereocenters. The van der Waals surface area contributed by atoms with Crippen LogP contribution in [0, 0.1) is 17.2 Å². The minimum Gasteiger partial charge on any atom is -0.497 e. The highest BCUT2D eigenvalue weighted by Crippen LogP contribution is 2.47. The summed E-state index contributed by atoms with van der Waals surface area (Å²) < 4.78 is 5.50. The largest absolute Gasteiger partial charge is 0.497 e. The highest BCUT2D eigenvalue weighted by molar-refractivity contribution is 5.35. The molecule has 6 rings (SSSR count). The summed E-state index contributed by atoms with van der Waals surface area (Å²) in [7, 11) is 1.75. The third kappa shape index (κ3) is 2.99. The molecule has 28 heavy (non-hydrogen) atoms. The highest BCUT2D eigenvalue weighted by Gasteiger charge is 2.53. The van der Waals surface area contributed by atoms with Gasteiger partial charge < -0.3 is 4.74 Å². The SMILES string of the molecule is COc1cccc([C@@H]2CN(Cc3cccc(C#N)c3)[C@H]3C4CCN(CC4)[C@@H]23)c1. The Bertz CT molecular complexity index is 897. The van der Waals surface area contributed by atoms with E-state index >= 15 is 0 Å². The van der Waals surface area contributed by atoms with Crippen molar-refractivity contribution in [3.05, 3.63) is 65.2 Å². The minimum absolute atomic E-state index is 0.516. The third-order valence-electron chi connectivity index (χ3n) is 7.06. The van der Waals surface area contributed by atoms with Gasteiger partial charge in [-0.25, -0.2) is 0 Å². The molecule has 4 aliphatic heterocycles. The maximum Gasteiger partial charge on any atom is 0.119 e. The molecule has 0 radical (unpaired) electrons. The second-order valence-corrected chi connectivity index (χ2v) is 8.48. The summed E-state index contributed by atoms with van der Waals surface area (Å²) in [4.78, 5) is 5.43. The van der Waals surface area contributed by atoms with Crippen LogP contribution >= 0.6 is 0 Å². The molecule has 0 N–H and O–H groups in total. The first-order chi connectivity index (χ1) is 13.8. The average Bonchev–Trinajstić information content (AvgIpc) is 3.16. The van der Waals surface area contributed by atoms with Crippen molar-refractivity contribution in [3.8, 4) is 11.8 Å². The van der Waals surface area contributed by atoms with Gasteiger partial charge in [-0.15, -0.1) is 0 Å². The number of hydrogen-bond acceptors (Lipinski definition) is 4. The van der Waals surface area contributed by atoms with Gasteiger partial charge in [0.1, 0.15) is 5.75 Å². The molecule has 2 aromatic rings. The lowest BCUT2D eigenvalue weighted by Gasteiger charge is -2.51. The molecular weight excluding hydrogens is 346 g/mol. The Morgan fingerprint density at radius 3 is 2.68 bits per heavy atom. The zero-order valence-corrected chi connectivity index (χ0v) is 16.4. The number of likely N-dealkylation sites (tertiary alicyclic amines) is 1. The second kappa shape index (κ2) is 7.24. The van der Waals surface area contributed by atoms with Gasteiger partial charge in [0.25, 0.3) is 0 Å². The van der Waals surface area contributed by atoms with Crippen molar-refractivity contribution in [3.63, 3.8) is 0 Å². The number of nitrogens with zero attached hydrogens (tertiary/aromatic N) is 3. The normalized spacial score (nSPS) is 31.4. The molecule has 0 aromatic heterocycles. The van der Waals surface area contributed by atoms with Crippen LogP contribution < -0.4 is 4.74 Å². The molecule has 2 bridgehead atoms. The summed E-state index contributed by atoms with van der Waals surface area (Å²) in [6.07, 6.45) is 2.64. The first kappa shape index (κ1) is 17.7. The van der Waals surface area contributed by atoms with Gasteiger partial charge in [0, 0.05) is 31.1 Å². The summed E-state index contributed by atoms with van der Waals surface area (Å²) >= 11 is 0. The van der Waals surface area contributed by atoms with Gasteiger partial charge in [-0.3, -0.25) is 9.80 Å². The average molecular weight is 374 g/mol. The zero-order chi connectivity index (χ0) is 19.1. The number of methoxy groups -OCH3 is 1. The molecule has 0 unspecified atom stereocenters. The number of benzene rings is 2. The van der Waals surface area contributed by atoms with E-state index in [2.05, 4.69) is 46.2 Å². The van der Waals surface area contributed by atoms with Crippen LogP contribution in [0.4, 0.5) is 0 Å². The van der Waals surface area contributed by atoms with Crippen LogP contribution in [-0.2, 0) is 6.54 Å². The molecule has 0 saturated carbocycles. The van der Waals surface area contributed by atoms with Crippen molar-refractivity contribution >= 4 is 0 Å². The van der Waals surface area contributed by atoms with Crippen LogP contribution in [0.5, 0.6) is 5.75 Å². The maximum absolute atomic E-state index is 9.25. The van der Waals surface area contributed by atoms with E-state index in [1.807, 2.05) is 18.2 Å². The van der Waals surface area contributed by atoms with Crippen LogP contribution in [0.2, 0.25) is 0 Å². The van der Waals surface area contributed by atoms with Crippen LogP contribution in [0.25, 0.3) is 0 Å². The predicted molar refractivity (Wildman–Crippen MR) is 109 cm³/mol. The molecule has 2 aromatic carbocycles. The van der Waals surface area contributed by atoms with Gasteiger partial charge in [-0.1, -0.05) is 24.3 Å². The van der Waals surface area contributed by atoms with Gasteiger partial charge in [0.15, 0.2) is 0 Å². The van der Waals surface area contributed by atoms with Crippen molar-refractivity contribution in [2.75, 3.05) is 26.7 Å². The van der Waals surface area contributed by atoms with Gasteiger partial charge >= 0.3 is 0 Å². The molecule has 144 valence electrons. The first-order valence-electron chi connectivity index (χ1n) is 10.4. The smallest absolute Gasteiger partial charge is 0.119 e. The summed E-state index contributed by atoms with van der Waals surface area (Å²) in [6, 6.07) is 20.3. The van der Waals surface area contributed by atoms with Gasteiger partial charge in [0.05, 0.1) is 18.7 Å². The van der Waals surface area contributed by atoms with Gasteiger partial charge in [0.2, 0.25) is 0 Å². The molecule has 4 heterocycles. The van der Waals surface area contributed by atoms with Crippen LogP contribution in [0.1, 0.15) is 35.4 Å². The van der Waals surface area contributed by atoms with Crippen LogP contribution in [0.3, 0.4) is 0 Å². The van der Waals surface area contributed by atoms with Gasteiger partial charge in [-0.2, -0.15) is 5.26 Å². The summed E-state index contributed by atoms with van der Waals surface area (Å²) in [6.45, 7) is 4.49. The van der Waals surface area contributed by atoms with E-state index in [4.69, 9.17) is 4.74 Å². The second-order valence-electron chi connectivity index (χ2n) is 8.48. The summed E-state index contributed by atoms with van der Waals surface area (Å²) in [5, 5.41) is 9.25. The Morgan fingerprint density at radius 1 is 1.07 bits per heavy atom. The van der Waals surface area contributed by atoms with Gasteiger partial charge in [-0.05, 0) is 67.2 Å².